The minimum atomic E-state index is -0.143. The Balaban J connectivity index is 1.53. The molecule has 0 bridgehead atoms. The number of benzene rings is 2. The number of hydrogen-bond acceptors (Lipinski definition) is 3. The van der Waals surface area contributed by atoms with Crippen molar-refractivity contribution < 1.29 is 14.4 Å². The SMILES string of the molecule is CCC(=O)Nc1ccc(C)c(NC(=O)C2CCN(C(=O)/C=C/c3ccccc3)CC2)c1. The van der Waals surface area contributed by atoms with Crippen LogP contribution in [0.15, 0.2) is 54.6 Å². The Morgan fingerprint density at radius 2 is 1.74 bits per heavy atom. The monoisotopic (exact) mass is 419 g/mol. The Morgan fingerprint density at radius 3 is 2.42 bits per heavy atom. The number of carbonyl (C=O) groups is 3. The van der Waals surface area contributed by atoms with E-state index in [1.807, 2.05) is 55.5 Å². The third kappa shape index (κ3) is 6.28. The molecule has 1 saturated heterocycles. The zero-order valence-electron chi connectivity index (χ0n) is 18.1. The van der Waals surface area contributed by atoms with Crippen molar-refractivity contribution in [2.75, 3.05) is 23.7 Å². The molecule has 1 fully saturated rings. The topological polar surface area (TPSA) is 78.5 Å². The van der Waals surface area contributed by atoms with Gasteiger partial charge in [0.1, 0.15) is 0 Å². The van der Waals surface area contributed by atoms with Crippen LogP contribution < -0.4 is 10.6 Å². The van der Waals surface area contributed by atoms with Crippen molar-refractivity contribution in [2.45, 2.75) is 33.1 Å². The van der Waals surface area contributed by atoms with Crippen LogP contribution in [0.5, 0.6) is 0 Å². The van der Waals surface area contributed by atoms with Crippen molar-refractivity contribution in [1.82, 2.24) is 4.90 Å². The van der Waals surface area contributed by atoms with Gasteiger partial charge in [0.15, 0.2) is 0 Å². The van der Waals surface area contributed by atoms with E-state index in [9.17, 15) is 14.4 Å². The quantitative estimate of drug-likeness (QED) is 0.688. The van der Waals surface area contributed by atoms with Gasteiger partial charge in [0.25, 0.3) is 0 Å². The number of aryl methyl sites for hydroxylation is 1. The van der Waals surface area contributed by atoms with Crippen molar-refractivity contribution in [3.63, 3.8) is 0 Å². The van der Waals surface area contributed by atoms with Crippen molar-refractivity contribution in [2.24, 2.45) is 5.92 Å². The number of anilines is 2. The highest BCUT2D eigenvalue weighted by molar-refractivity contribution is 5.96. The van der Waals surface area contributed by atoms with E-state index in [-0.39, 0.29) is 23.6 Å². The zero-order chi connectivity index (χ0) is 22.2. The molecule has 6 heteroatoms. The van der Waals surface area contributed by atoms with Crippen molar-refractivity contribution in [3.8, 4) is 0 Å². The predicted molar refractivity (Wildman–Crippen MR) is 124 cm³/mol. The molecule has 2 aromatic carbocycles. The van der Waals surface area contributed by atoms with Crippen molar-refractivity contribution in [3.05, 3.63) is 65.7 Å². The molecule has 0 unspecified atom stereocenters. The second kappa shape index (κ2) is 10.6. The van der Waals surface area contributed by atoms with Gasteiger partial charge in [0.2, 0.25) is 17.7 Å². The summed E-state index contributed by atoms with van der Waals surface area (Å²) in [4.78, 5) is 38.6. The molecule has 3 rings (SSSR count). The normalized spacial score (nSPS) is 14.5. The highest BCUT2D eigenvalue weighted by Gasteiger charge is 2.27. The lowest BCUT2D eigenvalue weighted by molar-refractivity contribution is -0.130. The molecule has 31 heavy (non-hydrogen) atoms. The number of amides is 3. The molecule has 162 valence electrons. The number of piperidine rings is 1. The maximum Gasteiger partial charge on any atom is 0.246 e. The Labute approximate surface area is 183 Å². The summed E-state index contributed by atoms with van der Waals surface area (Å²) in [6.45, 7) is 4.82. The summed E-state index contributed by atoms with van der Waals surface area (Å²) >= 11 is 0. The third-order valence-electron chi connectivity index (χ3n) is 5.50. The fraction of sp³-hybridized carbons (Fsp3) is 0.320. The minimum Gasteiger partial charge on any atom is -0.339 e. The van der Waals surface area contributed by atoms with Gasteiger partial charge >= 0.3 is 0 Å². The molecule has 0 radical (unpaired) electrons. The van der Waals surface area contributed by atoms with Crippen LogP contribution in [0.25, 0.3) is 6.08 Å². The van der Waals surface area contributed by atoms with Crippen LogP contribution in [0.4, 0.5) is 11.4 Å². The van der Waals surface area contributed by atoms with E-state index in [2.05, 4.69) is 10.6 Å². The second-order valence-electron chi connectivity index (χ2n) is 7.76. The first-order valence-electron chi connectivity index (χ1n) is 10.7. The van der Waals surface area contributed by atoms with Gasteiger partial charge in [-0.25, -0.2) is 0 Å². The fourth-order valence-corrected chi connectivity index (χ4v) is 3.52. The summed E-state index contributed by atoms with van der Waals surface area (Å²) in [5.74, 6) is -0.290. The van der Waals surface area contributed by atoms with Crippen molar-refractivity contribution >= 4 is 35.2 Å². The van der Waals surface area contributed by atoms with Crippen LogP contribution in [0.1, 0.15) is 37.3 Å². The molecule has 0 spiro atoms. The summed E-state index contributed by atoms with van der Waals surface area (Å²) in [7, 11) is 0. The van der Waals surface area contributed by atoms with Gasteiger partial charge in [-0.1, -0.05) is 43.3 Å². The molecular formula is C25H29N3O3. The van der Waals surface area contributed by atoms with Crippen LogP contribution in [0.2, 0.25) is 0 Å². The first-order chi connectivity index (χ1) is 15.0. The van der Waals surface area contributed by atoms with Gasteiger partial charge < -0.3 is 15.5 Å². The van der Waals surface area contributed by atoms with Crippen LogP contribution in [0.3, 0.4) is 0 Å². The summed E-state index contributed by atoms with van der Waals surface area (Å²) in [5.41, 5.74) is 3.28. The summed E-state index contributed by atoms with van der Waals surface area (Å²) in [6, 6.07) is 15.2. The van der Waals surface area contributed by atoms with Crippen molar-refractivity contribution in [1.29, 1.82) is 0 Å². The molecule has 2 N–H and O–H groups in total. The Kier molecular flexibility index (Phi) is 7.60. The molecule has 6 nitrogen and oxygen atoms in total. The lowest BCUT2D eigenvalue weighted by Crippen LogP contribution is -2.40. The first-order valence-corrected chi connectivity index (χ1v) is 10.7. The van der Waals surface area contributed by atoms with Crippen LogP contribution in [-0.4, -0.2) is 35.7 Å². The van der Waals surface area contributed by atoms with E-state index in [1.54, 1.807) is 24.0 Å². The van der Waals surface area contributed by atoms with E-state index in [0.29, 0.717) is 43.7 Å². The van der Waals surface area contributed by atoms with Gasteiger partial charge in [0, 0.05) is 42.9 Å². The fourth-order valence-electron chi connectivity index (χ4n) is 3.52. The van der Waals surface area contributed by atoms with Gasteiger partial charge in [0.05, 0.1) is 0 Å². The summed E-state index contributed by atoms with van der Waals surface area (Å²) in [5, 5.41) is 5.81. The van der Waals surface area contributed by atoms with E-state index in [0.717, 1.165) is 11.1 Å². The number of nitrogens with one attached hydrogen (secondary N) is 2. The molecule has 0 atom stereocenters. The summed E-state index contributed by atoms with van der Waals surface area (Å²) in [6.07, 6.45) is 5.06. The van der Waals surface area contributed by atoms with Gasteiger partial charge in [-0.3, -0.25) is 14.4 Å². The van der Waals surface area contributed by atoms with Crippen LogP contribution in [0, 0.1) is 12.8 Å². The van der Waals surface area contributed by atoms with E-state index < -0.39 is 0 Å². The largest absolute Gasteiger partial charge is 0.339 e. The maximum atomic E-state index is 12.8. The molecule has 1 aliphatic heterocycles. The van der Waals surface area contributed by atoms with Crippen LogP contribution in [-0.2, 0) is 14.4 Å². The van der Waals surface area contributed by atoms with Crippen LogP contribution >= 0.6 is 0 Å². The second-order valence-corrected chi connectivity index (χ2v) is 7.76. The average molecular weight is 420 g/mol. The molecular weight excluding hydrogens is 390 g/mol. The standard InChI is InChI=1S/C25H29N3O3/c1-3-23(29)26-21-11-9-18(2)22(17-21)27-25(31)20-13-15-28(16-14-20)24(30)12-10-19-7-5-4-6-8-19/h4-12,17,20H,3,13-16H2,1-2H3,(H,26,29)(H,27,31)/b12-10+. The number of nitrogens with zero attached hydrogens (tertiary/aromatic N) is 1. The van der Waals surface area contributed by atoms with E-state index in [4.69, 9.17) is 0 Å². The molecule has 0 aliphatic carbocycles. The molecule has 0 saturated carbocycles. The lowest BCUT2D eigenvalue weighted by Gasteiger charge is -2.30. The summed E-state index contributed by atoms with van der Waals surface area (Å²) < 4.78 is 0. The lowest BCUT2D eigenvalue weighted by atomic mass is 9.95. The third-order valence-corrected chi connectivity index (χ3v) is 5.50. The van der Waals surface area contributed by atoms with E-state index in [1.165, 1.54) is 0 Å². The Hall–Kier alpha value is -3.41. The smallest absolute Gasteiger partial charge is 0.246 e. The average Bonchev–Trinajstić information content (AvgIpc) is 2.80. The highest BCUT2D eigenvalue weighted by atomic mass is 16.2. The number of likely N-dealkylation sites (tertiary alicyclic amines) is 1. The maximum absolute atomic E-state index is 12.8. The zero-order valence-corrected chi connectivity index (χ0v) is 18.1. The van der Waals surface area contributed by atoms with Gasteiger partial charge in [-0.15, -0.1) is 0 Å². The highest BCUT2D eigenvalue weighted by Crippen LogP contribution is 2.24. The number of hydrogen-bond donors (Lipinski definition) is 2. The van der Waals surface area contributed by atoms with E-state index >= 15 is 0 Å². The molecule has 1 heterocycles. The Morgan fingerprint density at radius 1 is 1.03 bits per heavy atom. The number of rotatable bonds is 6. The van der Waals surface area contributed by atoms with Gasteiger partial charge in [-0.05, 0) is 49.1 Å². The molecule has 1 aliphatic rings. The predicted octanol–water partition coefficient (Wildman–Crippen LogP) is 4.23. The van der Waals surface area contributed by atoms with Gasteiger partial charge in [-0.2, -0.15) is 0 Å². The molecule has 2 aromatic rings. The molecule has 0 aromatic heterocycles. The number of carbonyl (C=O) groups excluding carboxylic acids is 3. The minimum absolute atomic E-state index is 0.0297. The molecule has 3 amide bonds. The first kappa shape index (κ1) is 22.3. The Bertz CT molecular complexity index is 961.